The van der Waals surface area contributed by atoms with E-state index in [0.717, 1.165) is 34.9 Å². The summed E-state index contributed by atoms with van der Waals surface area (Å²) in [6.45, 7) is 3.56. The minimum Gasteiger partial charge on any atom is -0.345 e. The summed E-state index contributed by atoms with van der Waals surface area (Å²) in [7, 11) is 0. The zero-order valence-corrected chi connectivity index (χ0v) is 16.5. The Balaban J connectivity index is 1.30. The molecule has 1 saturated heterocycles. The van der Waals surface area contributed by atoms with Crippen LogP contribution in [-0.4, -0.2) is 61.5 Å². The van der Waals surface area contributed by atoms with Gasteiger partial charge in [-0.05, 0) is 17.7 Å². The van der Waals surface area contributed by atoms with E-state index >= 15 is 0 Å². The highest BCUT2D eigenvalue weighted by atomic mass is 32.1. The standard InChI is InChI=1S/C20H19N7OS/c28-19(25-5-7-26(8-6-25)20-22-4-9-29-20)16-10-17-18(23-12-16)27(14-24-17)13-15-2-1-3-21-11-15/h1-4,9-12,14H,5-8,13H2. The van der Waals surface area contributed by atoms with Crippen LogP contribution in [-0.2, 0) is 6.54 Å². The molecule has 4 aromatic rings. The number of aromatic nitrogens is 5. The lowest BCUT2D eigenvalue weighted by Gasteiger charge is -2.34. The molecule has 0 bridgehead atoms. The molecule has 0 spiro atoms. The number of carbonyl (C=O) groups is 1. The Morgan fingerprint density at radius 2 is 1.97 bits per heavy atom. The molecule has 29 heavy (non-hydrogen) atoms. The minimum absolute atomic E-state index is 0.00000171. The lowest BCUT2D eigenvalue weighted by Crippen LogP contribution is -2.48. The van der Waals surface area contributed by atoms with E-state index < -0.39 is 0 Å². The van der Waals surface area contributed by atoms with Crippen LogP contribution in [0.25, 0.3) is 11.2 Å². The second-order valence-electron chi connectivity index (χ2n) is 6.89. The third kappa shape index (κ3) is 3.56. The predicted molar refractivity (Wildman–Crippen MR) is 111 cm³/mol. The van der Waals surface area contributed by atoms with Gasteiger partial charge in [-0.15, -0.1) is 11.3 Å². The van der Waals surface area contributed by atoms with E-state index in [2.05, 4.69) is 24.8 Å². The highest BCUT2D eigenvalue weighted by Crippen LogP contribution is 2.20. The van der Waals surface area contributed by atoms with Crippen molar-refractivity contribution in [3.8, 4) is 0 Å². The fourth-order valence-electron chi connectivity index (χ4n) is 3.53. The topological polar surface area (TPSA) is 80.0 Å². The first kappa shape index (κ1) is 17.7. The van der Waals surface area contributed by atoms with E-state index in [1.54, 1.807) is 30.1 Å². The van der Waals surface area contributed by atoms with Crippen LogP contribution < -0.4 is 4.90 Å². The fraction of sp³-hybridized carbons (Fsp3) is 0.250. The first-order valence-electron chi connectivity index (χ1n) is 9.41. The normalized spacial score (nSPS) is 14.5. The molecule has 0 N–H and O–H groups in total. The quantitative estimate of drug-likeness (QED) is 0.518. The van der Waals surface area contributed by atoms with Gasteiger partial charge in [0.15, 0.2) is 10.8 Å². The van der Waals surface area contributed by atoms with Crippen LogP contribution in [0.1, 0.15) is 15.9 Å². The molecule has 146 valence electrons. The Morgan fingerprint density at radius 3 is 2.72 bits per heavy atom. The number of pyridine rings is 2. The fourth-order valence-corrected chi connectivity index (χ4v) is 4.22. The summed E-state index contributed by atoms with van der Waals surface area (Å²) in [5.74, 6) is -0.00000171. The largest absolute Gasteiger partial charge is 0.345 e. The first-order valence-corrected chi connectivity index (χ1v) is 10.3. The van der Waals surface area contributed by atoms with Gasteiger partial charge in [-0.2, -0.15) is 0 Å². The van der Waals surface area contributed by atoms with Crippen molar-refractivity contribution in [2.75, 3.05) is 31.1 Å². The van der Waals surface area contributed by atoms with Gasteiger partial charge < -0.3 is 14.4 Å². The van der Waals surface area contributed by atoms with Crippen molar-refractivity contribution in [2.24, 2.45) is 0 Å². The van der Waals surface area contributed by atoms with Crippen molar-refractivity contribution in [1.82, 2.24) is 29.4 Å². The number of carbonyl (C=O) groups excluding carboxylic acids is 1. The molecule has 1 fully saturated rings. The molecule has 8 nitrogen and oxygen atoms in total. The SMILES string of the molecule is O=C(c1cnc2c(c1)ncn2Cc1cccnc1)N1CCN(c2nccs2)CC1. The number of fused-ring (bicyclic) bond motifs is 1. The maximum absolute atomic E-state index is 12.9. The summed E-state index contributed by atoms with van der Waals surface area (Å²) in [5, 5.41) is 2.99. The molecule has 0 atom stereocenters. The molecule has 0 unspecified atom stereocenters. The molecule has 0 saturated carbocycles. The Morgan fingerprint density at radius 1 is 1.07 bits per heavy atom. The maximum atomic E-state index is 12.9. The van der Waals surface area contributed by atoms with Crippen molar-refractivity contribution in [3.63, 3.8) is 0 Å². The summed E-state index contributed by atoms with van der Waals surface area (Å²) in [5.41, 5.74) is 3.14. The van der Waals surface area contributed by atoms with Gasteiger partial charge in [0.05, 0.1) is 18.4 Å². The van der Waals surface area contributed by atoms with E-state index in [-0.39, 0.29) is 5.91 Å². The summed E-state index contributed by atoms with van der Waals surface area (Å²) >= 11 is 1.63. The molecule has 0 radical (unpaired) electrons. The van der Waals surface area contributed by atoms with Crippen molar-refractivity contribution in [2.45, 2.75) is 6.54 Å². The number of amides is 1. The van der Waals surface area contributed by atoms with Gasteiger partial charge in [-0.25, -0.2) is 15.0 Å². The number of nitrogens with zero attached hydrogens (tertiary/aromatic N) is 7. The molecule has 5 rings (SSSR count). The summed E-state index contributed by atoms with van der Waals surface area (Å²) in [6, 6.07) is 5.76. The van der Waals surface area contributed by atoms with Gasteiger partial charge >= 0.3 is 0 Å². The van der Waals surface area contributed by atoms with Crippen LogP contribution in [0.3, 0.4) is 0 Å². The molecule has 4 aromatic heterocycles. The van der Waals surface area contributed by atoms with Gasteiger partial charge in [0.2, 0.25) is 0 Å². The van der Waals surface area contributed by atoms with E-state index in [9.17, 15) is 4.79 Å². The summed E-state index contributed by atoms with van der Waals surface area (Å²) in [4.78, 5) is 34.5. The van der Waals surface area contributed by atoms with Crippen LogP contribution >= 0.6 is 11.3 Å². The molecule has 0 aliphatic carbocycles. The molecule has 1 aliphatic heterocycles. The van der Waals surface area contributed by atoms with Gasteiger partial charge in [0.1, 0.15) is 5.52 Å². The van der Waals surface area contributed by atoms with Gasteiger partial charge in [-0.1, -0.05) is 6.07 Å². The first-order chi connectivity index (χ1) is 14.3. The van der Waals surface area contributed by atoms with E-state index in [1.165, 1.54) is 0 Å². The van der Waals surface area contributed by atoms with E-state index in [0.29, 0.717) is 25.2 Å². The van der Waals surface area contributed by atoms with Crippen LogP contribution in [0.2, 0.25) is 0 Å². The Hall–Kier alpha value is -3.33. The average molecular weight is 405 g/mol. The zero-order chi connectivity index (χ0) is 19.6. The van der Waals surface area contributed by atoms with Crippen LogP contribution in [0.15, 0.2) is 54.7 Å². The highest BCUT2D eigenvalue weighted by Gasteiger charge is 2.24. The van der Waals surface area contributed by atoms with Crippen molar-refractivity contribution < 1.29 is 4.79 Å². The summed E-state index contributed by atoms with van der Waals surface area (Å²) < 4.78 is 1.97. The molecular weight excluding hydrogens is 386 g/mol. The summed E-state index contributed by atoms with van der Waals surface area (Å²) in [6.07, 6.45) is 8.80. The Bertz CT molecular complexity index is 1120. The molecule has 1 aliphatic rings. The number of rotatable bonds is 4. The van der Waals surface area contributed by atoms with E-state index in [4.69, 9.17) is 0 Å². The van der Waals surface area contributed by atoms with E-state index in [1.807, 2.05) is 45.4 Å². The second-order valence-corrected chi connectivity index (χ2v) is 7.77. The minimum atomic E-state index is -0.00000171. The van der Waals surface area contributed by atoms with Gasteiger partial charge in [0, 0.05) is 56.3 Å². The molecule has 9 heteroatoms. The van der Waals surface area contributed by atoms with Crippen molar-refractivity contribution in [1.29, 1.82) is 0 Å². The molecule has 0 aromatic carbocycles. The zero-order valence-electron chi connectivity index (χ0n) is 15.7. The Kier molecular flexibility index (Phi) is 4.65. The van der Waals surface area contributed by atoms with Crippen LogP contribution in [0.4, 0.5) is 5.13 Å². The molecule has 5 heterocycles. The third-order valence-corrected chi connectivity index (χ3v) is 5.87. The lowest BCUT2D eigenvalue weighted by atomic mass is 10.2. The number of thiazole rings is 1. The number of piperazine rings is 1. The van der Waals surface area contributed by atoms with Gasteiger partial charge in [0.25, 0.3) is 5.91 Å². The lowest BCUT2D eigenvalue weighted by molar-refractivity contribution is 0.0746. The smallest absolute Gasteiger partial charge is 0.255 e. The number of anilines is 1. The van der Waals surface area contributed by atoms with Gasteiger partial charge in [-0.3, -0.25) is 9.78 Å². The monoisotopic (exact) mass is 405 g/mol. The maximum Gasteiger partial charge on any atom is 0.255 e. The number of hydrogen-bond donors (Lipinski definition) is 0. The molecular formula is C20H19N7OS. The van der Waals surface area contributed by atoms with Crippen molar-refractivity contribution >= 4 is 33.5 Å². The highest BCUT2D eigenvalue weighted by molar-refractivity contribution is 7.13. The van der Waals surface area contributed by atoms with Crippen molar-refractivity contribution in [3.05, 3.63) is 65.8 Å². The number of hydrogen-bond acceptors (Lipinski definition) is 7. The van der Waals surface area contributed by atoms with Crippen LogP contribution in [0, 0.1) is 0 Å². The second kappa shape index (κ2) is 7.59. The average Bonchev–Trinajstić information content (AvgIpc) is 3.44. The third-order valence-electron chi connectivity index (χ3n) is 5.03. The molecule has 1 amide bonds. The number of imidazole rings is 1. The Labute approximate surface area is 171 Å². The predicted octanol–water partition coefficient (Wildman–Crippen LogP) is 2.29. The van der Waals surface area contributed by atoms with Crippen LogP contribution in [0.5, 0.6) is 0 Å².